The van der Waals surface area contributed by atoms with Gasteiger partial charge in [-0.1, -0.05) is 34.6 Å². The highest BCUT2D eigenvalue weighted by Crippen LogP contribution is 2.34. The average molecular weight is 387 g/mol. The number of aliphatic carboxylic acids is 1. The van der Waals surface area contributed by atoms with Crippen molar-refractivity contribution >= 4 is 18.0 Å². The van der Waals surface area contributed by atoms with E-state index in [4.69, 9.17) is 4.74 Å². The van der Waals surface area contributed by atoms with Crippen LogP contribution in [-0.2, 0) is 14.3 Å². The lowest BCUT2D eigenvalue weighted by Crippen LogP contribution is -2.53. The summed E-state index contributed by atoms with van der Waals surface area (Å²) in [6, 6.07) is -1.10. The van der Waals surface area contributed by atoms with Gasteiger partial charge in [-0.05, 0) is 51.4 Å². The number of carbonyl (C=O) groups is 3. The predicted molar refractivity (Wildman–Crippen MR) is 105 cm³/mol. The van der Waals surface area contributed by atoms with Gasteiger partial charge in [0, 0.05) is 6.04 Å². The predicted octanol–water partition coefficient (Wildman–Crippen LogP) is 3.57. The van der Waals surface area contributed by atoms with Crippen molar-refractivity contribution in [1.29, 1.82) is 0 Å². The summed E-state index contributed by atoms with van der Waals surface area (Å²) >= 11 is 0. The van der Waals surface area contributed by atoms with Gasteiger partial charge >= 0.3 is 12.1 Å². The highest BCUT2D eigenvalue weighted by atomic mass is 16.6. The Labute approximate surface area is 163 Å². The maximum atomic E-state index is 12.6. The number of rotatable bonds is 8. The zero-order valence-electron chi connectivity index (χ0n) is 18.3. The standard InChI is InChI=1S/C20H38N2O5/c1-12(2)10-15(14(11-16(23)24)19(4,5)6)22-17(25)13(3)21-18(26)27-20(7,8)9/h12-15H,10-11H2,1-9H3,(H,21,26)(H,22,25)(H,23,24). The minimum atomic E-state index is -0.891. The van der Waals surface area contributed by atoms with Gasteiger partial charge in [0.2, 0.25) is 5.91 Å². The van der Waals surface area contributed by atoms with E-state index in [1.54, 1.807) is 27.7 Å². The molecule has 0 aliphatic heterocycles. The molecule has 0 saturated carbocycles. The Morgan fingerprint density at radius 3 is 1.85 bits per heavy atom. The monoisotopic (exact) mass is 386 g/mol. The van der Waals surface area contributed by atoms with Crippen LogP contribution in [0, 0.1) is 17.3 Å². The second kappa shape index (κ2) is 9.95. The molecule has 0 rings (SSSR count). The van der Waals surface area contributed by atoms with Crippen molar-refractivity contribution in [3.05, 3.63) is 0 Å². The van der Waals surface area contributed by atoms with Crippen LogP contribution in [0.4, 0.5) is 4.79 Å². The van der Waals surface area contributed by atoms with Gasteiger partial charge in [-0.3, -0.25) is 9.59 Å². The summed E-state index contributed by atoms with van der Waals surface area (Å²) in [4.78, 5) is 35.9. The Morgan fingerprint density at radius 1 is 0.963 bits per heavy atom. The lowest BCUT2D eigenvalue weighted by Gasteiger charge is -2.38. The summed E-state index contributed by atoms with van der Waals surface area (Å²) in [5.41, 5.74) is -0.952. The summed E-state index contributed by atoms with van der Waals surface area (Å²) in [5, 5.41) is 14.8. The molecule has 158 valence electrons. The molecule has 0 aliphatic rings. The smallest absolute Gasteiger partial charge is 0.408 e. The molecule has 0 aromatic rings. The molecule has 3 atom stereocenters. The zero-order chi connectivity index (χ0) is 21.6. The van der Waals surface area contributed by atoms with E-state index < -0.39 is 23.7 Å². The molecule has 0 aromatic carbocycles. The molecule has 0 spiro atoms. The van der Waals surface area contributed by atoms with Crippen molar-refractivity contribution in [2.45, 2.75) is 92.8 Å². The topological polar surface area (TPSA) is 105 Å². The summed E-state index contributed by atoms with van der Waals surface area (Å²) in [7, 11) is 0. The zero-order valence-corrected chi connectivity index (χ0v) is 18.3. The van der Waals surface area contributed by atoms with Crippen molar-refractivity contribution in [2.24, 2.45) is 17.3 Å². The number of hydrogen-bond acceptors (Lipinski definition) is 4. The third-order valence-electron chi connectivity index (χ3n) is 4.17. The molecule has 0 fully saturated rings. The minimum Gasteiger partial charge on any atom is -0.481 e. The van der Waals surface area contributed by atoms with E-state index in [1.165, 1.54) is 0 Å². The van der Waals surface area contributed by atoms with Crippen LogP contribution < -0.4 is 10.6 Å². The van der Waals surface area contributed by atoms with Crippen molar-refractivity contribution in [2.75, 3.05) is 0 Å². The second-order valence-electron chi connectivity index (χ2n) is 9.68. The average Bonchev–Trinajstić information content (AvgIpc) is 2.39. The minimum absolute atomic E-state index is 0.0327. The highest BCUT2D eigenvalue weighted by Gasteiger charge is 2.36. The summed E-state index contributed by atoms with van der Waals surface area (Å²) < 4.78 is 5.17. The first-order chi connectivity index (χ1) is 12.0. The Balaban J connectivity index is 5.23. The molecule has 2 amide bonds. The molecule has 0 saturated heterocycles. The van der Waals surface area contributed by atoms with E-state index in [0.717, 1.165) is 0 Å². The number of amides is 2. The summed E-state index contributed by atoms with van der Waals surface area (Å²) in [6.45, 7) is 16.8. The normalized spacial score (nSPS) is 15.6. The summed E-state index contributed by atoms with van der Waals surface area (Å²) in [5.74, 6) is -1.21. The number of alkyl carbamates (subject to hydrolysis) is 1. The Kier molecular flexibility index (Phi) is 9.29. The van der Waals surface area contributed by atoms with Crippen LogP contribution in [0.1, 0.15) is 75.2 Å². The van der Waals surface area contributed by atoms with E-state index in [-0.39, 0.29) is 35.6 Å². The SMILES string of the molecule is CC(C)CC(NC(=O)C(C)NC(=O)OC(C)(C)C)C(CC(=O)O)C(C)(C)C. The van der Waals surface area contributed by atoms with E-state index in [0.29, 0.717) is 6.42 Å². The molecular formula is C20H38N2O5. The first-order valence-corrected chi connectivity index (χ1v) is 9.54. The van der Waals surface area contributed by atoms with Crippen molar-refractivity contribution < 1.29 is 24.2 Å². The van der Waals surface area contributed by atoms with Crippen LogP contribution in [0.2, 0.25) is 0 Å². The Hall–Kier alpha value is -1.79. The quantitative estimate of drug-likeness (QED) is 0.591. The number of hydrogen-bond donors (Lipinski definition) is 3. The van der Waals surface area contributed by atoms with Crippen LogP contribution in [0.3, 0.4) is 0 Å². The van der Waals surface area contributed by atoms with E-state index in [9.17, 15) is 19.5 Å². The number of nitrogens with one attached hydrogen (secondary N) is 2. The largest absolute Gasteiger partial charge is 0.481 e. The molecule has 7 nitrogen and oxygen atoms in total. The Bertz CT molecular complexity index is 517. The third kappa shape index (κ3) is 10.8. The molecule has 3 N–H and O–H groups in total. The Morgan fingerprint density at radius 2 is 1.48 bits per heavy atom. The molecule has 3 unspecified atom stereocenters. The molecule has 0 aromatic heterocycles. The third-order valence-corrected chi connectivity index (χ3v) is 4.17. The fourth-order valence-corrected chi connectivity index (χ4v) is 2.93. The molecule has 0 aliphatic carbocycles. The van der Waals surface area contributed by atoms with Gasteiger partial charge in [-0.25, -0.2) is 4.79 Å². The lowest BCUT2D eigenvalue weighted by molar-refractivity contribution is -0.140. The van der Waals surface area contributed by atoms with Crippen LogP contribution in [0.25, 0.3) is 0 Å². The van der Waals surface area contributed by atoms with Crippen LogP contribution >= 0.6 is 0 Å². The first kappa shape index (κ1) is 25.2. The number of carboxylic acid groups (broad SMARTS) is 1. The maximum absolute atomic E-state index is 12.6. The van der Waals surface area contributed by atoms with Crippen molar-refractivity contribution in [3.63, 3.8) is 0 Å². The van der Waals surface area contributed by atoms with Crippen LogP contribution in [0.15, 0.2) is 0 Å². The van der Waals surface area contributed by atoms with Gasteiger partial charge in [0.15, 0.2) is 0 Å². The fourth-order valence-electron chi connectivity index (χ4n) is 2.93. The van der Waals surface area contributed by atoms with Gasteiger partial charge in [0.25, 0.3) is 0 Å². The molecular weight excluding hydrogens is 348 g/mol. The number of carboxylic acids is 1. The van der Waals surface area contributed by atoms with Gasteiger partial charge in [0.05, 0.1) is 6.42 Å². The van der Waals surface area contributed by atoms with Crippen molar-refractivity contribution in [1.82, 2.24) is 10.6 Å². The van der Waals surface area contributed by atoms with Crippen LogP contribution in [-0.4, -0.2) is 40.8 Å². The van der Waals surface area contributed by atoms with Crippen LogP contribution in [0.5, 0.6) is 0 Å². The maximum Gasteiger partial charge on any atom is 0.408 e. The van der Waals surface area contributed by atoms with E-state index in [1.807, 2.05) is 34.6 Å². The second-order valence-corrected chi connectivity index (χ2v) is 9.68. The molecule has 7 heteroatoms. The molecule has 0 radical (unpaired) electrons. The molecule has 0 bridgehead atoms. The van der Waals surface area contributed by atoms with E-state index >= 15 is 0 Å². The summed E-state index contributed by atoms with van der Waals surface area (Å²) in [6.07, 6.45) is -0.0433. The van der Waals surface area contributed by atoms with Crippen molar-refractivity contribution in [3.8, 4) is 0 Å². The van der Waals surface area contributed by atoms with Gasteiger partial charge in [0.1, 0.15) is 11.6 Å². The molecule has 27 heavy (non-hydrogen) atoms. The fraction of sp³-hybridized carbons (Fsp3) is 0.850. The lowest BCUT2D eigenvalue weighted by atomic mass is 9.72. The number of carbonyl (C=O) groups excluding carboxylic acids is 2. The number of ether oxygens (including phenoxy) is 1. The van der Waals surface area contributed by atoms with E-state index in [2.05, 4.69) is 10.6 Å². The van der Waals surface area contributed by atoms with Gasteiger partial charge < -0.3 is 20.5 Å². The van der Waals surface area contributed by atoms with Gasteiger partial charge in [-0.2, -0.15) is 0 Å². The first-order valence-electron chi connectivity index (χ1n) is 9.54. The molecule has 0 heterocycles. The highest BCUT2D eigenvalue weighted by molar-refractivity contribution is 5.85. The van der Waals surface area contributed by atoms with Gasteiger partial charge in [-0.15, -0.1) is 0 Å².